The monoisotopic (exact) mass is 200 g/mol. The largest absolute Gasteiger partial charge is 0.765 e. The van der Waals surface area contributed by atoms with Crippen LogP contribution in [0.2, 0.25) is 0 Å². The molecule has 0 aliphatic heterocycles. The minimum Gasteiger partial charge on any atom is -0.765 e. The molecular weight excluding hydrogens is 196 g/mol. The Hall–Kier alpha value is -0.480. The zero-order valence-electron chi connectivity index (χ0n) is 5.77. The van der Waals surface area contributed by atoms with Crippen LogP contribution in [-0.2, 0) is 19.4 Å². The summed E-state index contributed by atoms with van der Waals surface area (Å²) in [7, 11) is 0. The zero-order valence-corrected chi connectivity index (χ0v) is 5.77. The van der Waals surface area contributed by atoms with E-state index in [1.54, 1.807) is 0 Å². The van der Waals surface area contributed by atoms with Crippen LogP contribution in [0.5, 0.6) is 0 Å². The number of hydrogen-bond donors (Lipinski definition) is 4. The molecule has 0 saturated carbocycles. The van der Waals surface area contributed by atoms with E-state index >= 15 is 0 Å². The lowest BCUT2D eigenvalue weighted by molar-refractivity contribution is -0.542. The van der Waals surface area contributed by atoms with Crippen LogP contribution in [0.3, 0.4) is 0 Å². The summed E-state index contributed by atoms with van der Waals surface area (Å²) in [6.45, 7) is 0. The second kappa shape index (κ2) is 6.97. The van der Waals surface area contributed by atoms with Crippen molar-refractivity contribution in [3.63, 3.8) is 0 Å². The van der Waals surface area contributed by atoms with Gasteiger partial charge in [0.15, 0.2) is 0 Å². The number of rotatable bonds is 8. The second-order valence-electron chi connectivity index (χ2n) is 1.24. The van der Waals surface area contributed by atoms with Gasteiger partial charge in [0, 0.05) is 0 Å². The van der Waals surface area contributed by atoms with Gasteiger partial charge in [0.1, 0.15) is 0 Å². The second-order valence-corrected chi connectivity index (χ2v) is 1.24. The van der Waals surface area contributed by atoms with Gasteiger partial charge in [-0.2, -0.15) is 0 Å². The summed E-state index contributed by atoms with van der Waals surface area (Å²) in [5.74, 6) is 0. The molecule has 0 aromatic rings. The highest BCUT2D eigenvalue weighted by molar-refractivity contribution is 4.38. The molecule has 0 saturated heterocycles. The first-order valence-electron chi connectivity index (χ1n) is 2.45. The Labute approximate surface area is 70.2 Å². The Bertz CT molecular complexity index is 91.2. The van der Waals surface area contributed by atoms with E-state index in [4.69, 9.17) is 0 Å². The Morgan fingerprint density at radius 3 is 1.00 bits per heavy atom. The molecule has 4 N–H and O–H groups in total. The van der Waals surface area contributed by atoms with Gasteiger partial charge in [-0.25, -0.2) is 19.4 Å². The van der Waals surface area contributed by atoms with Gasteiger partial charge < -0.3 is 20.8 Å². The molecule has 0 aromatic carbocycles. The minimum atomic E-state index is -2.99. The van der Waals surface area contributed by atoms with Crippen LogP contribution in [0.15, 0.2) is 0 Å². The Kier molecular flexibility index (Phi) is 6.72. The maximum Gasteiger partial charge on any atom is 0.474 e. The van der Waals surface area contributed by atoms with Crippen molar-refractivity contribution in [3.8, 4) is 0 Å². The quantitative estimate of drug-likeness (QED) is 0.243. The van der Waals surface area contributed by atoms with Crippen LogP contribution in [0.25, 0.3) is 0 Å². The number of nitrogens with one attached hydrogen (secondary N) is 4. The van der Waals surface area contributed by atoms with E-state index in [0.717, 1.165) is 0 Å². The first-order valence-corrected chi connectivity index (χ1v) is 2.45. The standard InChI is InChI=1S/CH4N4O8/c6-2-10-1(11-3-7,12-4-8)13-5-9/h2-5H/q-4. The highest BCUT2D eigenvalue weighted by atomic mass is 17.2. The predicted octanol–water partition coefficient (Wildman–Crippen LogP) is -2.33. The molecule has 0 atom stereocenters. The van der Waals surface area contributed by atoms with E-state index < -0.39 is 6.16 Å². The summed E-state index contributed by atoms with van der Waals surface area (Å²) < 4.78 is 0. The third-order valence-corrected chi connectivity index (χ3v) is 0.667. The molecule has 0 fully saturated rings. The highest BCUT2D eigenvalue weighted by Gasteiger charge is 2.35. The molecule has 0 aliphatic carbocycles. The van der Waals surface area contributed by atoms with E-state index in [1.807, 2.05) is 0 Å². The molecule has 0 amide bonds. The lowest BCUT2D eigenvalue weighted by atomic mass is 11.1. The van der Waals surface area contributed by atoms with Crippen molar-refractivity contribution < 1.29 is 19.4 Å². The van der Waals surface area contributed by atoms with E-state index in [2.05, 4.69) is 19.4 Å². The summed E-state index contributed by atoms with van der Waals surface area (Å²) in [4.78, 5) is 14.8. The Balaban J connectivity index is 4.19. The first-order chi connectivity index (χ1) is 6.24. The maximum atomic E-state index is 9.67. The molecule has 0 aliphatic rings. The topological polar surface area (TPSA) is 177 Å². The van der Waals surface area contributed by atoms with Gasteiger partial charge in [-0.15, -0.1) is 0 Å². The van der Waals surface area contributed by atoms with Crippen molar-refractivity contribution in [2.45, 2.75) is 6.16 Å². The average Bonchev–Trinajstić information content (AvgIpc) is 2.06. The normalized spacial score (nSPS) is 12.0. The van der Waals surface area contributed by atoms with Gasteiger partial charge >= 0.3 is 6.16 Å². The Morgan fingerprint density at radius 2 is 0.846 bits per heavy atom. The van der Waals surface area contributed by atoms with Gasteiger partial charge in [0.25, 0.3) is 0 Å². The molecule has 0 heterocycles. The first kappa shape index (κ1) is 12.5. The fraction of sp³-hybridized carbons (Fsp3) is 1.00. The molecule has 0 aromatic heterocycles. The highest BCUT2D eigenvalue weighted by Crippen LogP contribution is 2.10. The molecular formula is CH4N4O8-4. The van der Waals surface area contributed by atoms with E-state index in [9.17, 15) is 20.8 Å². The van der Waals surface area contributed by atoms with Gasteiger partial charge in [-0.05, 0) is 0 Å². The lowest BCUT2D eigenvalue weighted by Gasteiger charge is -2.34. The molecule has 12 heteroatoms. The SMILES string of the molecule is [O-]NOC(ON[O-])(ON[O-])ON[O-]. The van der Waals surface area contributed by atoms with Crippen LogP contribution in [0.4, 0.5) is 0 Å². The fourth-order valence-corrected chi connectivity index (χ4v) is 0.329. The maximum absolute atomic E-state index is 9.67. The fourth-order valence-electron chi connectivity index (χ4n) is 0.329. The van der Waals surface area contributed by atoms with Crippen LogP contribution < -0.4 is 22.6 Å². The van der Waals surface area contributed by atoms with Gasteiger partial charge in [-0.3, -0.25) is 22.6 Å². The van der Waals surface area contributed by atoms with Crippen molar-refractivity contribution in [1.82, 2.24) is 22.6 Å². The van der Waals surface area contributed by atoms with Crippen LogP contribution in [-0.4, -0.2) is 6.16 Å². The van der Waals surface area contributed by atoms with Gasteiger partial charge in [0.05, 0.1) is 0 Å². The van der Waals surface area contributed by atoms with E-state index in [1.165, 1.54) is 0 Å². The van der Waals surface area contributed by atoms with Gasteiger partial charge in [-0.1, -0.05) is 0 Å². The molecule has 0 spiro atoms. The summed E-state index contributed by atoms with van der Waals surface area (Å²) in [6.07, 6.45) is -2.99. The third kappa shape index (κ3) is 4.33. The molecule has 0 rings (SSSR count). The summed E-state index contributed by atoms with van der Waals surface area (Å²) in [5, 5.41) is 38.7. The van der Waals surface area contributed by atoms with E-state index in [0.29, 0.717) is 22.6 Å². The van der Waals surface area contributed by atoms with Crippen LogP contribution in [0.1, 0.15) is 0 Å². The van der Waals surface area contributed by atoms with Crippen molar-refractivity contribution >= 4 is 0 Å². The summed E-state index contributed by atoms with van der Waals surface area (Å²) in [6, 6.07) is 0. The minimum absolute atomic E-state index is 0.701. The van der Waals surface area contributed by atoms with Crippen molar-refractivity contribution in [2.24, 2.45) is 0 Å². The number of hydrogen-bond acceptors (Lipinski definition) is 12. The third-order valence-electron chi connectivity index (χ3n) is 0.667. The predicted molar refractivity (Wildman–Crippen MR) is 33.1 cm³/mol. The van der Waals surface area contributed by atoms with Gasteiger partial charge in [0.2, 0.25) is 0 Å². The van der Waals surface area contributed by atoms with Crippen LogP contribution in [0, 0.1) is 20.8 Å². The molecule has 12 nitrogen and oxygen atoms in total. The smallest absolute Gasteiger partial charge is 0.474 e. The summed E-state index contributed by atoms with van der Waals surface area (Å²) >= 11 is 0. The van der Waals surface area contributed by atoms with Crippen molar-refractivity contribution in [3.05, 3.63) is 20.8 Å². The Morgan fingerprint density at radius 1 is 0.615 bits per heavy atom. The molecule has 0 bridgehead atoms. The van der Waals surface area contributed by atoms with Crippen molar-refractivity contribution in [1.29, 1.82) is 0 Å². The summed E-state index contributed by atoms with van der Waals surface area (Å²) in [5.41, 5.74) is 2.81. The molecule has 13 heavy (non-hydrogen) atoms. The van der Waals surface area contributed by atoms with E-state index in [-0.39, 0.29) is 0 Å². The van der Waals surface area contributed by atoms with Crippen LogP contribution >= 0.6 is 0 Å². The lowest BCUT2D eigenvalue weighted by Crippen LogP contribution is -2.51. The average molecular weight is 200 g/mol. The van der Waals surface area contributed by atoms with Crippen molar-refractivity contribution in [2.75, 3.05) is 0 Å². The zero-order chi connectivity index (χ0) is 10.2. The molecule has 0 unspecified atom stereocenters. The molecule has 0 radical (unpaired) electrons. The molecule has 80 valence electrons.